The van der Waals surface area contributed by atoms with Crippen molar-refractivity contribution in [3.63, 3.8) is 0 Å². The normalized spacial score (nSPS) is 16.3. The van der Waals surface area contributed by atoms with Crippen molar-refractivity contribution in [3.8, 4) is 0 Å². The van der Waals surface area contributed by atoms with E-state index in [0.717, 1.165) is 13.2 Å². The Morgan fingerprint density at radius 2 is 1.86 bits per heavy atom. The molecular weight excluding hydrogens is 176 g/mol. The third-order valence-corrected chi connectivity index (χ3v) is 2.94. The van der Waals surface area contributed by atoms with Crippen LogP contribution in [0, 0.1) is 5.92 Å². The molecule has 2 unspecified atom stereocenters. The van der Waals surface area contributed by atoms with Gasteiger partial charge in [0.15, 0.2) is 0 Å². The lowest BCUT2D eigenvalue weighted by Gasteiger charge is -2.31. The first kappa shape index (κ1) is 13.9. The Kier molecular flexibility index (Phi) is 7.15. The van der Waals surface area contributed by atoms with E-state index in [9.17, 15) is 0 Å². The summed E-state index contributed by atoms with van der Waals surface area (Å²) in [6, 6.07) is 1.04. The van der Waals surface area contributed by atoms with Gasteiger partial charge in [0.1, 0.15) is 0 Å². The van der Waals surface area contributed by atoms with E-state index in [4.69, 9.17) is 4.74 Å². The maximum Gasteiger partial charge on any atom is 0.0628 e. The standard InChI is InChI=1S/C11H26N2O/c1-9(2)10(3)13(5)7-11(12-4)8-14-6/h9-12H,7-8H2,1-6H3. The molecule has 0 aliphatic heterocycles. The average molecular weight is 202 g/mol. The van der Waals surface area contributed by atoms with Gasteiger partial charge < -0.3 is 15.0 Å². The predicted molar refractivity (Wildman–Crippen MR) is 61.7 cm³/mol. The first-order chi connectivity index (χ1) is 6.52. The van der Waals surface area contributed by atoms with Crippen LogP contribution in [0.5, 0.6) is 0 Å². The molecule has 2 atom stereocenters. The summed E-state index contributed by atoms with van der Waals surface area (Å²) in [5.74, 6) is 0.694. The second kappa shape index (κ2) is 7.21. The minimum Gasteiger partial charge on any atom is -0.383 e. The van der Waals surface area contributed by atoms with Gasteiger partial charge >= 0.3 is 0 Å². The van der Waals surface area contributed by atoms with Gasteiger partial charge in [-0.15, -0.1) is 0 Å². The molecule has 0 aromatic heterocycles. The minimum atomic E-state index is 0.422. The van der Waals surface area contributed by atoms with Gasteiger partial charge in [-0.05, 0) is 26.9 Å². The fraction of sp³-hybridized carbons (Fsp3) is 1.00. The van der Waals surface area contributed by atoms with E-state index in [1.807, 2.05) is 7.05 Å². The van der Waals surface area contributed by atoms with Crippen molar-refractivity contribution < 1.29 is 4.74 Å². The van der Waals surface area contributed by atoms with Crippen LogP contribution in [-0.2, 0) is 4.74 Å². The molecule has 0 aromatic rings. The van der Waals surface area contributed by atoms with E-state index in [0.29, 0.717) is 18.0 Å². The smallest absolute Gasteiger partial charge is 0.0628 e. The maximum absolute atomic E-state index is 5.15. The first-order valence-corrected chi connectivity index (χ1v) is 5.39. The third-order valence-electron chi connectivity index (χ3n) is 2.94. The van der Waals surface area contributed by atoms with Gasteiger partial charge in [0, 0.05) is 25.7 Å². The molecule has 1 N–H and O–H groups in total. The number of nitrogens with zero attached hydrogens (tertiary/aromatic N) is 1. The summed E-state index contributed by atoms with van der Waals surface area (Å²) in [4.78, 5) is 2.38. The Morgan fingerprint density at radius 1 is 1.29 bits per heavy atom. The molecule has 3 heteroatoms. The van der Waals surface area contributed by atoms with E-state index in [1.54, 1.807) is 7.11 Å². The van der Waals surface area contributed by atoms with Crippen LogP contribution in [0.4, 0.5) is 0 Å². The van der Waals surface area contributed by atoms with Crippen LogP contribution in [0.3, 0.4) is 0 Å². The van der Waals surface area contributed by atoms with Gasteiger partial charge in [0.25, 0.3) is 0 Å². The van der Waals surface area contributed by atoms with Crippen LogP contribution < -0.4 is 5.32 Å². The zero-order valence-corrected chi connectivity index (χ0v) is 10.5. The number of likely N-dealkylation sites (N-methyl/N-ethyl adjacent to an activating group) is 2. The number of methoxy groups -OCH3 is 1. The Morgan fingerprint density at radius 3 is 2.21 bits per heavy atom. The summed E-state index contributed by atoms with van der Waals surface area (Å²) in [5, 5.41) is 3.26. The monoisotopic (exact) mass is 202 g/mol. The molecule has 0 spiro atoms. The highest BCUT2D eigenvalue weighted by Crippen LogP contribution is 2.08. The fourth-order valence-corrected chi connectivity index (χ4v) is 1.45. The SMILES string of the molecule is CNC(COC)CN(C)C(C)C(C)C. The molecule has 0 aliphatic carbocycles. The molecular formula is C11H26N2O. The van der Waals surface area contributed by atoms with Gasteiger partial charge in [-0.1, -0.05) is 13.8 Å². The molecule has 0 rings (SSSR count). The van der Waals surface area contributed by atoms with Crippen LogP contribution in [-0.4, -0.2) is 51.3 Å². The molecule has 0 aliphatic rings. The van der Waals surface area contributed by atoms with Gasteiger partial charge in [0.05, 0.1) is 6.61 Å². The topological polar surface area (TPSA) is 24.5 Å². The minimum absolute atomic E-state index is 0.422. The zero-order chi connectivity index (χ0) is 11.1. The molecule has 14 heavy (non-hydrogen) atoms. The Balaban J connectivity index is 3.94. The van der Waals surface area contributed by atoms with Crippen LogP contribution in [0.1, 0.15) is 20.8 Å². The first-order valence-electron chi connectivity index (χ1n) is 5.39. The molecule has 0 fully saturated rings. The van der Waals surface area contributed by atoms with E-state index in [1.165, 1.54) is 0 Å². The summed E-state index contributed by atoms with van der Waals surface area (Å²) >= 11 is 0. The van der Waals surface area contributed by atoms with Crippen LogP contribution in [0.2, 0.25) is 0 Å². The second-order valence-electron chi connectivity index (χ2n) is 4.37. The van der Waals surface area contributed by atoms with Crippen LogP contribution in [0.25, 0.3) is 0 Å². The Labute approximate surface area is 88.8 Å². The maximum atomic E-state index is 5.15. The van der Waals surface area contributed by atoms with Crippen molar-refractivity contribution in [1.29, 1.82) is 0 Å². The number of nitrogens with one attached hydrogen (secondary N) is 1. The Bertz CT molecular complexity index is 139. The van der Waals surface area contributed by atoms with Crippen molar-refractivity contribution in [1.82, 2.24) is 10.2 Å². The highest BCUT2D eigenvalue weighted by atomic mass is 16.5. The molecule has 0 saturated heterocycles. The lowest BCUT2D eigenvalue weighted by molar-refractivity contribution is 0.127. The van der Waals surface area contributed by atoms with Gasteiger partial charge in [0.2, 0.25) is 0 Å². The molecule has 0 saturated carbocycles. The quantitative estimate of drug-likeness (QED) is 0.671. The van der Waals surface area contributed by atoms with Crippen molar-refractivity contribution in [2.24, 2.45) is 5.92 Å². The highest BCUT2D eigenvalue weighted by molar-refractivity contribution is 4.73. The van der Waals surface area contributed by atoms with E-state index >= 15 is 0 Å². The Hall–Kier alpha value is -0.120. The summed E-state index contributed by atoms with van der Waals surface area (Å²) in [5.41, 5.74) is 0. The fourth-order valence-electron chi connectivity index (χ4n) is 1.45. The second-order valence-corrected chi connectivity index (χ2v) is 4.37. The number of ether oxygens (including phenoxy) is 1. The van der Waals surface area contributed by atoms with Crippen LogP contribution in [0.15, 0.2) is 0 Å². The third kappa shape index (κ3) is 4.94. The van der Waals surface area contributed by atoms with Crippen LogP contribution >= 0.6 is 0 Å². The van der Waals surface area contributed by atoms with Crippen molar-refractivity contribution in [3.05, 3.63) is 0 Å². The molecule has 0 aromatic carbocycles. The van der Waals surface area contributed by atoms with Crippen molar-refractivity contribution >= 4 is 0 Å². The zero-order valence-electron chi connectivity index (χ0n) is 10.5. The van der Waals surface area contributed by atoms with E-state index in [-0.39, 0.29) is 0 Å². The largest absolute Gasteiger partial charge is 0.383 e. The molecule has 0 amide bonds. The number of hydrogen-bond donors (Lipinski definition) is 1. The lowest BCUT2D eigenvalue weighted by Crippen LogP contribution is -2.45. The van der Waals surface area contributed by atoms with Gasteiger partial charge in [-0.3, -0.25) is 0 Å². The van der Waals surface area contributed by atoms with Gasteiger partial charge in [-0.2, -0.15) is 0 Å². The van der Waals surface area contributed by atoms with E-state index < -0.39 is 0 Å². The van der Waals surface area contributed by atoms with Crippen molar-refractivity contribution in [2.45, 2.75) is 32.9 Å². The highest BCUT2D eigenvalue weighted by Gasteiger charge is 2.16. The molecule has 0 bridgehead atoms. The summed E-state index contributed by atoms with van der Waals surface area (Å²) < 4.78 is 5.15. The summed E-state index contributed by atoms with van der Waals surface area (Å²) in [6.45, 7) is 8.58. The summed E-state index contributed by atoms with van der Waals surface area (Å²) in [7, 11) is 5.90. The molecule has 0 radical (unpaired) electrons. The molecule has 3 nitrogen and oxygen atoms in total. The molecule has 0 heterocycles. The van der Waals surface area contributed by atoms with Crippen molar-refractivity contribution in [2.75, 3.05) is 34.4 Å². The number of hydrogen-bond acceptors (Lipinski definition) is 3. The number of rotatable bonds is 7. The summed E-state index contributed by atoms with van der Waals surface area (Å²) in [6.07, 6.45) is 0. The lowest BCUT2D eigenvalue weighted by atomic mass is 10.0. The average Bonchev–Trinajstić information content (AvgIpc) is 2.15. The van der Waals surface area contributed by atoms with Gasteiger partial charge in [-0.25, -0.2) is 0 Å². The molecule has 86 valence electrons. The van der Waals surface area contributed by atoms with E-state index in [2.05, 4.69) is 38.0 Å². The predicted octanol–water partition coefficient (Wildman–Crippen LogP) is 1.20.